The van der Waals surface area contributed by atoms with Gasteiger partial charge in [-0.3, -0.25) is 9.52 Å². The van der Waals surface area contributed by atoms with Gasteiger partial charge in [0.1, 0.15) is 5.76 Å². The highest BCUT2D eigenvalue weighted by Crippen LogP contribution is 2.33. The highest BCUT2D eigenvalue weighted by atomic mass is 32.2. The minimum absolute atomic E-state index is 0.00510. The molecule has 1 aromatic heterocycles. The SMILES string of the molecule is CCS(=O)(=O)Nc1ccc(NC(=O)c2ccoc2CN2c3ccccc3CC2C)cc1. The van der Waals surface area contributed by atoms with E-state index in [0.29, 0.717) is 35.3 Å². The molecule has 2 heterocycles. The summed E-state index contributed by atoms with van der Waals surface area (Å²) < 4.78 is 31.5. The van der Waals surface area contributed by atoms with Gasteiger partial charge in [-0.15, -0.1) is 0 Å². The van der Waals surface area contributed by atoms with Crippen LogP contribution < -0.4 is 14.9 Å². The molecule has 1 atom stereocenters. The third kappa shape index (κ3) is 4.59. The highest BCUT2D eigenvalue weighted by Gasteiger charge is 2.28. The summed E-state index contributed by atoms with van der Waals surface area (Å²) in [7, 11) is -3.34. The van der Waals surface area contributed by atoms with Crippen molar-refractivity contribution in [2.75, 3.05) is 20.7 Å². The molecule has 7 nitrogen and oxygen atoms in total. The van der Waals surface area contributed by atoms with Crippen LogP contribution in [0.5, 0.6) is 0 Å². The lowest BCUT2D eigenvalue weighted by Crippen LogP contribution is -2.29. The maximum absolute atomic E-state index is 12.9. The number of furan rings is 1. The number of sulfonamides is 1. The van der Waals surface area contributed by atoms with Crippen molar-refractivity contribution in [3.05, 3.63) is 77.7 Å². The molecule has 3 aromatic rings. The molecule has 0 saturated carbocycles. The van der Waals surface area contributed by atoms with Gasteiger partial charge in [0, 0.05) is 23.1 Å². The van der Waals surface area contributed by atoms with Crippen molar-refractivity contribution in [1.82, 2.24) is 0 Å². The fourth-order valence-electron chi connectivity index (χ4n) is 3.76. The third-order valence-corrected chi connectivity index (χ3v) is 6.76. The molecule has 0 bridgehead atoms. The summed E-state index contributed by atoms with van der Waals surface area (Å²) in [6.45, 7) is 4.24. The number of benzene rings is 2. The molecule has 8 heteroatoms. The van der Waals surface area contributed by atoms with E-state index < -0.39 is 10.0 Å². The average Bonchev–Trinajstić information content (AvgIpc) is 3.34. The van der Waals surface area contributed by atoms with E-state index in [4.69, 9.17) is 4.42 Å². The number of anilines is 3. The molecule has 1 amide bonds. The Hall–Kier alpha value is -3.26. The fraction of sp³-hybridized carbons (Fsp3) is 0.261. The van der Waals surface area contributed by atoms with Crippen LogP contribution in [0.25, 0.3) is 0 Å². The number of nitrogens with zero attached hydrogens (tertiary/aromatic N) is 1. The zero-order valence-electron chi connectivity index (χ0n) is 17.5. The second-order valence-electron chi connectivity index (χ2n) is 7.60. The van der Waals surface area contributed by atoms with Crippen molar-refractivity contribution in [2.45, 2.75) is 32.9 Å². The molecule has 0 aliphatic carbocycles. The van der Waals surface area contributed by atoms with Crippen LogP contribution in [0.4, 0.5) is 17.1 Å². The molecule has 0 fully saturated rings. The third-order valence-electron chi connectivity index (χ3n) is 5.45. The van der Waals surface area contributed by atoms with E-state index in [-0.39, 0.29) is 11.7 Å². The van der Waals surface area contributed by atoms with Crippen LogP contribution in [0.3, 0.4) is 0 Å². The molecule has 0 spiro atoms. The molecule has 4 rings (SSSR count). The van der Waals surface area contributed by atoms with E-state index in [2.05, 4.69) is 34.0 Å². The van der Waals surface area contributed by atoms with Gasteiger partial charge < -0.3 is 14.6 Å². The smallest absolute Gasteiger partial charge is 0.259 e. The number of rotatable bonds is 7. The van der Waals surface area contributed by atoms with Gasteiger partial charge in [0.2, 0.25) is 10.0 Å². The van der Waals surface area contributed by atoms with Crippen molar-refractivity contribution in [3.8, 4) is 0 Å². The Balaban J connectivity index is 1.46. The first kappa shape index (κ1) is 21.0. The molecule has 1 aliphatic heterocycles. The second-order valence-corrected chi connectivity index (χ2v) is 9.62. The minimum atomic E-state index is -3.34. The summed E-state index contributed by atoms with van der Waals surface area (Å²) in [5, 5.41) is 2.85. The summed E-state index contributed by atoms with van der Waals surface area (Å²) >= 11 is 0. The highest BCUT2D eigenvalue weighted by molar-refractivity contribution is 7.92. The lowest BCUT2D eigenvalue weighted by Gasteiger charge is -2.24. The van der Waals surface area contributed by atoms with Crippen LogP contribution in [0.1, 0.15) is 35.5 Å². The summed E-state index contributed by atoms with van der Waals surface area (Å²) in [6.07, 6.45) is 2.49. The Bertz CT molecular complexity index is 1190. The van der Waals surface area contributed by atoms with E-state index in [0.717, 1.165) is 6.42 Å². The largest absolute Gasteiger partial charge is 0.467 e. The summed E-state index contributed by atoms with van der Waals surface area (Å²) in [4.78, 5) is 15.1. The van der Waals surface area contributed by atoms with Gasteiger partial charge in [-0.2, -0.15) is 0 Å². The molecule has 1 aliphatic rings. The molecule has 0 saturated heterocycles. The van der Waals surface area contributed by atoms with Crippen molar-refractivity contribution < 1.29 is 17.6 Å². The standard InChI is InChI=1S/C23H25N3O4S/c1-3-31(28,29)25-19-10-8-18(9-11-19)24-23(27)20-12-13-30-22(20)15-26-16(2)14-17-6-4-5-7-21(17)26/h4-13,16,25H,3,14-15H2,1-2H3,(H,24,27). The van der Waals surface area contributed by atoms with E-state index in [1.807, 2.05) is 12.1 Å². The number of carbonyl (C=O) groups is 1. The van der Waals surface area contributed by atoms with Crippen LogP contribution in [0.15, 0.2) is 65.3 Å². The molecular weight excluding hydrogens is 414 g/mol. The lowest BCUT2D eigenvalue weighted by atomic mass is 10.1. The second kappa shape index (κ2) is 8.47. The molecule has 31 heavy (non-hydrogen) atoms. The van der Waals surface area contributed by atoms with E-state index in [9.17, 15) is 13.2 Å². The number of amides is 1. The number of carbonyl (C=O) groups excluding carboxylic acids is 1. The maximum atomic E-state index is 12.9. The van der Waals surface area contributed by atoms with E-state index >= 15 is 0 Å². The van der Waals surface area contributed by atoms with Crippen LogP contribution in [-0.4, -0.2) is 26.1 Å². The van der Waals surface area contributed by atoms with Crippen molar-refractivity contribution in [3.63, 3.8) is 0 Å². The summed E-state index contributed by atoms with van der Waals surface area (Å²) in [5.74, 6) is 0.327. The number of nitrogens with one attached hydrogen (secondary N) is 2. The normalized spacial score (nSPS) is 15.5. The van der Waals surface area contributed by atoms with E-state index in [1.54, 1.807) is 37.3 Å². The van der Waals surface area contributed by atoms with Crippen molar-refractivity contribution in [1.29, 1.82) is 0 Å². The lowest BCUT2D eigenvalue weighted by molar-refractivity contribution is 0.102. The Morgan fingerprint density at radius 3 is 2.55 bits per heavy atom. The van der Waals surface area contributed by atoms with Crippen LogP contribution in [0, 0.1) is 0 Å². The number of hydrogen-bond acceptors (Lipinski definition) is 5. The zero-order valence-corrected chi connectivity index (χ0v) is 18.3. The number of fused-ring (bicyclic) bond motifs is 1. The van der Waals surface area contributed by atoms with Gasteiger partial charge >= 0.3 is 0 Å². The average molecular weight is 440 g/mol. The molecule has 2 aromatic carbocycles. The first-order chi connectivity index (χ1) is 14.9. The van der Waals surface area contributed by atoms with Gasteiger partial charge in [-0.25, -0.2) is 8.42 Å². The zero-order chi connectivity index (χ0) is 22.0. The maximum Gasteiger partial charge on any atom is 0.259 e. The predicted molar refractivity (Wildman–Crippen MR) is 122 cm³/mol. The topological polar surface area (TPSA) is 91.7 Å². The van der Waals surface area contributed by atoms with Crippen molar-refractivity contribution >= 4 is 33.0 Å². The van der Waals surface area contributed by atoms with Gasteiger partial charge in [0.25, 0.3) is 5.91 Å². The first-order valence-corrected chi connectivity index (χ1v) is 11.8. The molecule has 2 N–H and O–H groups in total. The Morgan fingerprint density at radius 1 is 1.10 bits per heavy atom. The fourth-order valence-corrected chi connectivity index (χ4v) is 4.40. The van der Waals surface area contributed by atoms with Crippen LogP contribution in [-0.2, 0) is 23.0 Å². The van der Waals surface area contributed by atoms with Crippen molar-refractivity contribution in [2.24, 2.45) is 0 Å². The molecule has 162 valence electrons. The molecular formula is C23H25N3O4S. The first-order valence-electron chi connectivity index (χ1n) is 10.2. The Morgan fingerprint density at radius 2 is 1.81 bits per heavy atom. The summed E-state index contributed by atoms with van der Waals surface area (Å²) in [6, 6.07) is 16.8. The van der Waals surface area contributed by atoms with Gasteiger partial charge in [-0.05, 0) is 62.2 Å². The van der Waals surface area contributed by atoms with Gasteiger partial charge in [0.05, 0.1) is 24.1 Å². The van der Waals surface area contributed by atoms with Gasteiger partial charge in [-0.1, -0.05) is 18.2 Å². The number of hydrogen-bond donors (Lipinski definition) is 2. The summed E-state index contributed by atoms with van der Waals surface area (Å²) in [5.41, 5.74) is 3.96. The quantitative estimate of drug-likeness (QED) is 0.574. The monoisotopic (exact) mass is 439 g/mol. The number of para-hydroxylation sites is 1. The van der Waals surface area contributed by atoms with Gasteiger partial charge in [0.15, 0.2) is 0 Å². The predicted octanol–water partition coefficient (Wildman–Crippen LogP) is 4.24. The molecule has 0 radical (unpaired) electrons. The van der Waals surface area contributed by atoms with E-state index in [1.165, 1.54) is 17.5 Å². The van der Waals surface area contributed by atoms with Crippen LogP contribution in [0.2, 0.25) is 0 Å². The Kier molecular flexibility index (Phi) is 5.73. The van der Waals surface area contributed by atoms with Crippen LogP contribution >= 0.6 is 0 Å². The minimum Gasteiger partial charge on any atom is -0.467 e. The Labute approximate surface area is 182 Å². The molecule has 1 unspecified atom stereocenters.